The highest BCUT2D eigenvalue weighted by molar-refractivity contribution is 7.10. The number of rotatable bonds is 5. The summed E-state index contributed by atoms with van der Waals surface area (Å²) < 4.78 is 10.3. The molecule has 3 aromatic rings. The van der Waals surface area contributed by atoms with Gasteiger partial charge in [0.1, 0.15) is 11.7 Å². The van der Waals surface area contributed by atoms with E-state index in [2.05, 4.69) is 0 Å². The normalized spacial score (nSPS) is 21.1. The Morgan fingerprint density at radius 3 is 2.28 bits per heavy atom. The van der Waals surface area contributed by atoms with Crippen LogP contribution in [0.3, 0.4) is 0 Å². The van der Waals surface area contributed by atoms with Crippen molar-refractivity contribution >= 4 is 57.9 Å². The molecule has 1 aromatic heterocycles. The van der Waals surface area contributed by atoms with Crippen LogP contribution in [0.15, 0.2) is 88.7 Å². The number of methoxy groups -OCH3 is 2. The lowest BCUT2D eigenvalue weighted by Gasteiger charge is -2.43. The molecule has 39 heavy (non-hydrogen) atoms. The van der Waals surface area contributed by atoms with Crippen molar-refractivity contribution in [3.05, 3.63) is 109 Å². The van der Waals surface area contributed by atoms with Crippen LogP contribution in [-0.4, -0.2) is 31.9 Å². The van der Waals surface area contributed by atoms with Crippen LogP contribution in [0, 0.1) is 5.92 Å². The maximum Gasteiger partial charge on any atom is 0.338 e. The number of hydrogen-bond donors (Lipinski definition) is 1. The number of halogens is 2. The van der Waals surface area contributed by atoms with E-state index in [1.54, 1.807) is 23.1 Å². The first-order valence-electron chi connectivity index (χ1n) is 12.0. The fourth-order valence-corrected chi connectivity index (χ4v) is 6.81. The second kappa shape index (κ2) is 10.9. The Kier molecular flexibility index (Phi) is 7.53. The third kappa shape index (κ3) is 4.73. The van der Waals surface area contributed by atoms with Crippen molar-refractivity contribution in [1.29, 1.82) is 0 Å². The first kappa shape index (κ1) is 27.0. The van der Waals surface area contributed by atoms with Crippen LogP contribution in [0.5, 0.6) is 0 Å². The number of thiophene rings is 1. The monoisotopic (exact) mass is 582 g/mol. The van der Waals surface area contributed by atoms with Crippen molar-refractivity contribution in [2.24, 2.45) is 11.7 Å². The lowest BCUT2D eigenvalue weighted by molar-refractivity contribution is -0.150. The number of hydrogen-bond acceptors (Lipinski definition) is 8. The number of esters is 2. The number of ketones is 1. The zero-order valence-electron chi connectivity index (χ0n) is 21.0. The molecule has 0 radical (unpaired) electrons. The van der Waals surface area contributed by atoms with Gasteiger partial charge in [0.25, 0.3) is 0 Å². The minimum atomic E-state index is -1.12. The highest BCUT2D eigenvalue weighted by atomic mass is 35.5. The van der Waals surface area contributed by atoms with Crippen LogP contribution >= 0.6 is 34.5 Å². The minimum Gasteiger partial charge on any atom is -0.468 e. The van der Waals surface area contributed by atoms with Gasteiger partial charge in [-0.25, -0.2) is 4.79 Å². The van der Waals surface area contributed by atoms with Gasteiger partial charge < -0.3 is 15.2 Å². The van der Waals surface area contributed by atoms with E-state index in [4.69, 9.17) is 38.4 Å². The SMILES string of the molecule is COC(=O)C1=C(N)N(c2cc(Cl)cc(Cl)c2)C2=C(C(=O)[C@H](C(=O)OC)[C@H](c3ccccc3)C2)[C@H]1c1cccs1. The number of anilines is 1. The molecule has 2 aromatic carbocycles. The first-order chi connectivity index (χ1) is 18.8. The van der Waals surface area contributed by atoms with Crippen molar-refractivity contribution in [3.8, 4) is 0 Å². The maximum atomic E-state index is 14.5. The first-order valence-corrected chi connectivity index (χ1v) is 13.7. The minimum absolute atomic E-state index is 0.0879. The fraction of sp³-hybridized carbons (Fsp3) is 0.207. The van der Waals surface area contributed by atoms with Crippen LogP contribution in [0.1, 0.15) is 28.7 Å². The number of allylic oxidation sites excluding steroid dienone is 2. The average molecular weight is 583 g/mol. The third-order valence-electron chi connectivity index (χ3n) is 7.06. The van der Waals surface area contributed by atoms with Gasteiger partial charge in [-0.05, 0) is 41.6 Å². The summed E-state index contributed by atoms with van der Waals surface area (Å²) in [6.07, 6.45) is 0.256. The van der Waals surface area contributed by atoms with Gasteiger partial charge in [0.2, 0.25) is 0 Å². The van der Waals surface area contributed by atoms with E-state index in [0.29, 0.717) is 26.3 Å². The summed E-state index contributed by atoms with van der Waals surface area (Å²) in [5.41, 5.74) is 8.96. The fourth-order valence-electron chi connectivity index (χ4n) is 5.45. The molecule has 0 spiro atoms. The maximum absolute atomic E-state index is 14.5. The highest BCUT2D eigenvalue weighted by Crippen LogP contribution is 2.52. The van der Waals surface area contributed by atoms with E-state index in [9.17, 15) is 14.4 Å². The molecule has 10 heteroatoms. The molecular formula is C29H24Cl2N2O5S. The van der Waals surface area contributed by atoms with Gasteiger partial charge in [0.15, 0.2) is 5.78 Å². The molecule has 7 nitrogen and oxygen atoms in total. The molecule has 1 aliphatic carbocycles. The highest BCUT2D eigenvalue weighted by Gasteiger charge is 2.51. The van der Waals surface area contributed by atoms with Crippen LogP contribution in [0.25, 0.3) is 0 Å². The van der Waals surface area contributed by atoms with Crippen molar-refractivity contribution in [3.63, 3.8) is 0 Å². The van der Waals surface area contributed by atoms with Crippen LogP contribution in [0.2, 0.25) is 10.0 Å². The molecule has 0 saturated carbocycles. The second-order valence-corrected chi connectivity index (χ2v) is 11.0. The van der Waals surface area contributed by atoms with Crippen LogP contribution in [0.4, 0.5) is 5.69 Å². The topological polar surface area (TPSA) is 98.9 Å². The molecule has 5 rings (SSSR count). The number of nitrogens with two attached hydrogens (primary N) is 1. The molecule has 0 fully saturated rings. The zero-order chi connectivity index (χ0) is 27.8. The smallest absolute Gasteiger partial charge is 0.338 e. The Bertz CT molecular complexity index is 1500. The number of carbonyl (C=O) groups is 3. The van der Waals surface area contributed by atoms with E-state index >= 15 is 0 Å². The van der Waals surface area contributed by atoms with E-state index in [-0.39, 0.29) is 23.4 Å². The molecule has 2 N–H and O–H groups in total. The van der Waals surface area contributed by atoms with Crippen molar-refractivity contribution in [1.82, 2.24) is 0 Å². The number of Topliss-reactive ketones (excluding diaryl/α,β-unsaturated/α-hetero) is 1. The Balaban J connectivity index is 1.83. The Hall–Kier alpha value is -3.59. The molecule has 2 heterocycles. The van der Waals surface area contributed by atoms with Gasteiger partial charge in [-0.15, -0.1) is 11.3 Å². The number of nitrogens with zero attached hydrogens (tertiary/aromatic N) is 1. The molecule has 0 saturated heterocycles. The van der Waals surface area contributed by atoms with E-state index in [0.717, 1.165) is 5.56 Å². The van der Waals surface area contributed by atoms with Crippen molar-refractivity contribution < 1.29 is 23.9 Å². The van der Waals surface area contributed by atoms with Gasteiger partial charge >= 0.3 is 11.9 Å². The summed E-state index contributed by atoms with van der Waals surface area (Å²) in [6, 6.07) is 17.8. The summed E-state index contributed by atoms with van der Waals surface area (Å²) in [7, 11) is 2.52. The summed E-state index contributed by atoms with van der Waals surface area (Å²) >= 11 is 14.1. The average Bonchev–Trinajstić information content (AvgIpc) is 3.46. The number of ether oxygens (including phenoxy) is 2. The lowest BCUT2D eigenvalue weighted by atomic mass is 9.68. The quantitative estimate of drug-likeness (QED) is 0.299. The van der Waals surface area contributed by atoms with Gasteiger partial charge in [0, 0.05) is 32.1 Å². The lowest BCUT2D eigenvalue weighted by Crippen LogP contribution is -2.46. The number of carbonyl (C=O) groups excluding carboxylic acids is 3. The Labute approximate surface area is 239 Å². The molecule has 3 atom stereocenters. The summed E-state index contributed by atoms with van der Waals surface area (Å²) in [5.74, 6) is -4.20. The Morgan fingerprint density at radius 1 is 1.00 bits per heavy atom. The number of benzene rings is 2. The third-order valence-corrected chi connectivity index (χ3v) is 8.43. The largest absolute Gasteiger partial charge is 0.468 e. The Morgan fingerprint density at radius 2 is 1.69 bits per heavy atom. The van der Waals surface area contributed by atoms with Crippen molar-refractivity contribution in [2.45, 2.75) is 18.3 Å². The predicted molar refractivity (Wildman–Crippen MR) is 151 cm³/mol. The molecule has 0 amide bonds. The predicted octanol–water partition coefficient (Wildman–Crippen LogP) is 5.80. The van der Waals surface area contributed by atoms with Crippen LogP contribution < -0.4 is 10.6 Å². The standard InChI is InChI=1S/C29H24Cl2N2O5S/c1-37-28(35)22-19(15-7-4-3-5-8-15)14-20-23(26(22)34)24(21-9-6-10-39-21)25(29(36)38-2)27(32)33(20)18-12-16(30)11-17(31)13-18/h3-13,19,22,24H,14,32H2,1-2H3/t19-,22+,24+/m0/s1. The molecule has 200 valence electrons. The van der Waals surface area contributed by atoms with E-state index in [1.807, 2.05) is 47.8 Å². The van der Waals surface area contributed by atoms with Crippen LogP contribution in [-0.2, 0) is 23.9 Å². The second-order valence-electron chi connectivity index (χ2n) is 9.15. The zero-order valence-corrected chi connectivity index (χ0v) is 23.3. The molecule has 0 unspecified atom stereocenters. The summed E-state index contributed by atoms with van der Waals surface area (Å²) in [5, 5.41) is 2.55. The van der Waals surface area contributed by atoms with Gasteiger partial charge in [-0.1, -0.05) is 59.6 Å². The molecule has 0 bridgehead atoms. The van der Waals surface area contributed by atoms with Gasteiger partial charge in [0.05, 0.1) is 31.4 Å². The van der Waals surface area contributed by atoms with E-state index in [1.165, 1.54) is 25.6 Å². The molecular weight excluding hydrogens is 559 g/mol. The van der Waals surface area contributed by atoms with Crippen molar-refractivity contribution in [2.75, 3.05) is 19.1 Å². The summed E-state index contributed by atoms with van der Waals surface area (Å²) in [6.45, 7) is 0. The van der Waals surface area contributed by atoms with Gasteiger partial charge in [-0.3, -0.25) is 14.5 Å². The molecule has 1 aliphatic heterocycles. The molecule has 2 aliphatic rings. The summed E-state index contributed by atoms with van der Waals surface area (Å²) in [4.78, 5) is 43.3. The van der Waals surface area contributed by atoms with E-state index < -0.39 is 35.5 Å². The van der Waals surface area contributed by atoms with Gasteiger partial charge in [-0.2, -0.15) is 0 Å².